The lowest BCUT2D eigenvalue weighted by Crippen LogP contribution is -2.43. The van der Waals surface area contributed by atoms with Crippen molar-refractivity contribution in [3.05, 3.63) is 65.1 Å². The lowest BCUT2D eigenvalue weighted by Gasteiger charge is -2.31. The largest absolute Gasteiger partial charge is 0.394 e. The molecule has 1 fully saturated rings. The van der Waals surface area contributed by atoms with E-state index in [1.54, 1.807) is 38.1 Å². The van der Waals surface area contributed by atoms with Crippen LogP contribution < -0.4 is 11.1 Å². The number of halogens is 1. The van der Waals surface area contributed by atoms with Gasteiger partial charge in [0.2, 0.25) is 0 Å². The molecule has 5 N–H and O–H groups in total. The highest BCUT2D eigenvalue weighted by atomic mass is 32.1. The number of amides is 1. The number of aliphatic hydroxyl groups excluding tert-OH is 1. The van der Waals surface area contributed by atoms with E-state index in [-0.39, 0.29) is 18.3 Å². The Balaban J connectivity index is 1.56. The summed E-state index contributed by atoms with van der Waals surface area (Å²) in [5.41, 5.74) is 6.25. The van der Waals surface area contributed by atoms with Crippen LogP contribution in [0.1, 0.15) is 35.5 Å². The monoisotopic (exact) mass is 500 g/mol. The molecule has 0 saturated carbocycles. The first-order valence-electron chi connectivity index (χ1n) is 11.3. The molecule has 3 heterocycles. The van der Waals surface area contributed by atoms with E-state index in [1.165, 1.54) is 17.4 Å². The van der Waals surface area contributed by atoms with Gasteiger partial charge in [-0.15, -0.1) is 11.3 Å². The Morgan fingerprint density at radius 3 is 2.83 bits per heavy atom. The fourth-order valence-electron chi connectivity index (χ4n) is 3.91. The molecule has 1 aromatic carbocycles. The van der Waals surface area contributed by atoms with E-state index < -0.39 is 17.3 Å². The van der Waals surface area contributed by atoms with Crippen LogP contribution in [-0.4, -0.2) is 58.4 Å². The minimum Gasteiger partial charge on any atom is -0.394 e. The van der Waals surface area contributed by atoms with Crippen LogP contribution in [0.3, 0.4) is 0 Å². The van der Waals surface area contributed by atoms with Crippen molar-refractivity contribution in [2.75, 3.05) is 31.6 Å². The van der Waals surface area contributed by atoms with Crippen LogP contribution in [0.15, 0.2) is 42.5 Å². The van der Waals surface area contributed by atoms with Crippen LogP contribution in [0.4, 0.5) is 15.2 Å². The van der Waals surface area contributed by atoms with Gasteiger partial charge in [-0.1, -0.05) is 18.2 Å². The summed E-state index contributed by atoms with van der Waals surface area (Å²) in [7, 11) is 0. The second kappa shape index (κ2) is 10.4. The zero-order valence-corrected chi connectivity index (χ0v) is 20.4. The molecular formula is C25H29FN4O4S. The van der Waals surface area contributed by atoms with Gasteiger partial charge in [-0.05, 0) is 43.7 Å². The summed E-state index contributed by atoms with van der Waals surface area (Å²) in [6, 6.07) is 11.7. The highest BCUT2D eigenvalue weighted by molar-refractivity contribution is 7.19. The number of benzene rings is 1. The number of hydrogen-bond acceptors (Lipinski definition) is 8. The fourth-order valence-corrected chi connectivity index (χ4v) is 5.01. The molecule has 0 radical (unpaired) electrons. The number of primary amides is 1. The SMILES string of the molecule is CC(C)(O)c1ccc(-c2cc(C(N)=O)c(Nc3cccc(CN4CCOC(CO)C4)n3)s2)c(F)c1. The predicted octanol–water partition coefficient (Wildman–Crippen LogP) is 3.21. The lowest BCUT2D eigenvalue weighted by molar-refractivity contribution is -0.0553. The molecule has 1 aliphatic heterocycles. The minimum atomic E-state index is -1.17. The second-order valence-electron chi connectivity index (χ2n) is 9.02. The molecular weight excluding hydrogens is 471 g/mol. The number of carbonyl (C=O) groups excluding carboxylic acids is 1. The summed E-state index contributed by atoms with van der Waals surface area (Å²) in [4.78, 5) is 19.5. The summed E-state index contributed by atoms with van der Waals surface area (Å²) in [5, 5.41) is 23.1. The number of pyridine rings is 1. The molecule has 186 valence electrons. The average Bonchev–Trinajstić information content (AvgIpc) is 3.22. The Bertz CT molecular complexity index is 1210. The number of nitrogens with zero attached hydrogens (tertiary/aromatic N) is 2. The molecule has 1 atom stereocenters. The van der Waals surface area contributed by atoms with Crippen molar-refractivity contribution < 1.29 is 24.1 Å². The summed E-state index contributed by atoms with van der Waals surface area (Å²) in [5.74, 6) is -0.605. The van der Waals surface area contributed by atoms with Gasteiger partial charge in [0.15, 0.2) is 0 Å². The van der Waals surface area contributed by atoms with E-state index in [2.05, 4.69) is 15.2 Å². The van der Waals surface area contributed by atoms with Gasteiger partial charge in [0.25, 0.3) is 5.91 Å². The zero-order valence-electron chi connectivity index (χ0n) is 19.6. The van der Waals surface area contributed by atoms with Gasteiger partial charge in [0, 0.05) is 30.1 Å². The van der Waals surface area contributed by atoms with Crippen molar-refractivity contribution >= 4 is 28.1 Å². The Hall–Kier alpha value is -2.89. The molecule has 1 amide bonds. The molecule has 1 unspecified atom stereocenters. The number of aromatic nitrogens is 1. The van der Waals surface area contributed by atoms with Gasteiger partial charge in [-0.2, -0.15) is 0 Å². The number of thiophene rings is 1. The quantitative estimate of drug-likeness (QED) is 0.375. The van der Waals surface area contributed by atoms with Crippen LogP contribution in [0, 0.1) is 5.82 Å². The van der Waals surface area contributed by atoms with E-state index in [4.69, 9.17) is 10.5 Å². The van der Waals surface area contributed by atoms with Crippen molar-refractivity contribution in [2.45, 2.75) is 32.1 Å². The third-order valence-electron chi connectivity index (χ3n) is 5.80. The molecule has 35 heavy (non-hydrogen) atoms. The Kier molecular flexibility index (Phi) is 7.48. The highest BCUT2D eigenvalue weighted by Gasteiger charge is 2.22. The maximum atomic E-state index is 14.9. The maximum Gasteiger partial charge on any atom is 0.251 e. The lowest BCUT2D eigenvalue weighted by atomic mass is 9.96. The molecule has 2 aromatic heterocycles. The molecule has 3 aromatic rings. The third kappa shape index (κ3) is 6.03. The van der Waals surface area contributed by atoms with Crippen molar-refractivity contribution in [3.63, 3.8) is 0 Å². The molecule has 10 heteroatoms. The van der Waals surface area contributed by atoms with E-state index in [1.807, 2.05) is 12.1 Å². The summed E-state index contributed by atoms with van der Waals surface area (Å²) in [6.45, 7) is 5.66. The van der Waals surface area contributed by atoms with Crippen molar-refractivity contribution in [1.29, 1.82) is 0 Å². The Labute approximate surface area is 207 Å². The van der Waals surface area contributed by atoms with Gasteiger partial charge in [-0.3, -0.25) is 9.69 Å². The molecule has 4 rings (SSSR count). The van der Waals surface area contributed by atoms with Gasteiger partial charge in [-0.25, -0.2) is 9.37 Å². The molecule has 8 nitrogen and oxygen atoms in total. The van der Waals surface area contributed by atoms with Crippen molar-refractivity contribution in [3.8, 4) is 10.4 Å². The maximum absolute atomic E-state index is 14.9. The van der Waals surface area contributed by atoms with E-state index in [9.17, 15) is 19.4 Å². The van der Waals surface area contributed by atoms with Crippen LogP contribution in [0.25, 0.3) is 10.4 Å². The summed E-state index contributed by atoms with van der Waals surface area (Å²) >= 11 is 1.20. The minimum absolute atomic E-state index is 0.0246. The normalized spacial score (nSPS) is 16.9. The molecule has 0 aliphatic carbocycles. The standard InChI is InChI=1S/C25H29FN4O4S/c1-25(2,33)15-6-7-18(20(26)10-15)21-11-19(23(27)32)24(35-21)29-22-5-3-4-16(28-22)12-30-8-9-34-17(13-30)14-31/h3-7,10-11,17,31,33H,8-9,12-14H2,1-2H3,(H2,27,32)(H,28,29). The zero-order chi connectivity index (χ0) is 25.2. The van der Waals surface area contributed by atoms with Crippen molar-refractivity contribution in [2.24, 2.45) is 5.73 Å². The predicted molar refractivity (Wildman–Crippen MR) is 133 cm³/mol. The number of carbonyl (C=O) groups is 1. The summed E-state index contributed by atoms with van der Waals surface area (Å²) < 4.78 is 20.4. The van der Waals surface area contributed by atoms with E-state index in [0.717, 1.165) is 12.2 Å². The number of ether oxygens (including phenoxy) is 1. The van der Waals surface area contributed by atoms with Crippen LogP contribution >= 0.6 is 11.3 Å². The Morgan fingerprint density at radius 1 is 1.34 bits per heavy atom. The van der Waals surface area contributed by atoms with Gasteiger partial charge in [0.05, 0.1) is 36.2 Å². The number of nitrogens with one attached hydrogen (secondary N) is 1. The Morgan fingerprint density at radius 2 is 2.14 bits per heavy atom. The van der Waals surface area contributed by atoms with E-state index >= 15 is 0 Å². The van der Waals surface area contributed by atoms with Crippen LogP contribution in [0.2, 0.25) is 0 Å². The third-order valence-corrected chi connectivity index (χ3v) is 6.88. The molecule has 0 bridgehead atoms. The topological polar surface area (TPSA) is 121 Å². The highest BCUT2D eigenvalue weighted by Crippen LogP contribution is 2.38. The number of anilines is 2. The number of hydrogen-bond donors (Lipinski definition) is 4. The number of nitrogens with two attached hydrogens (primary N) is 1. The first-order chi connectivity index (χ1) is 16.6. The van der Waals surface area contributed by atoms with Crippen molar-refractivity contribution in [1.82, 2.24) is 9.88 Å². The molecule has 1 saturated heterocycles. The number of rotatable bonds is 8. The number of aliphatic hydroxyl groups is 2. The molecule has 1 aliphatic rings. The average molecular weight is 501 g/mol. The second-order valence-corrected chi connectivity index (χ2v) is 10.1. The summed E-state index contributed by atoms with van der Waals surface area (Å²) in [6.07, 6.45) is -0.203. The van der Waals surface area contributed by atoms with Crippen LogP contribution in [-0.2, 0) is 16.9 Å². The number of morpholine rings is 1. The van der Waals surface area contributed by atoms with E-state index in [0.29, 0.717) is 46.5 Å². The first kappa shape index (κ1) is 25.2. The smallest absolute Gasteiger partial charge is 0.251 e. The fraction of sp³-hybridized carbons (Fsp3) is 0.360. The molecule has 0 spiro atoms. The van der Waals surface area contributed by atoms with Crippen LogP contribution in [0.5, 0.6) is 0 Å². The van der Waals surface area contributed by atoms with Gasteiger partial charge < -0.3 is 26.0 Å². The van der Waals surface area contributed by atoms with Gasteiger partial charge >= 0.3 is 0 Å². The first-order valence-corrected chi connectivity index (χ1v) is 12.1. The van der Waals surface area contributed by atoms with Gasteiger partial charge in [0.1, 0.15) is 16.6 Å².